The molecule has 1 atom stereocenters. The number of hydrogen-bond acceptors (Lipinski definition) is 4. The number of anilines is 1. The fourth-order valence-corrected chi connectivity index (χ4v) is 3.65. The van der Waals surface area contributed by atoms with Gasteiger partial charge in [-0.25, -0.2) is 4.98 Å². The van der Waals surface area contributed by atoms with Crippen LogP contribution in [0.25, 0.3) is 10.2 Å². The van der Waals surface area contributed by atoms with Crippen molar-refractivity contribution in [1.29, 1.82) is 0 Å². The zero-order valence-electron chi connectivity index (χ0n) is 13.0. The Kier molecular flexibility index (Phi) is 3.87. The van der Waals surface area contributed by atoms with Crippen molar-refractivity contribution in [2.45, 2.75) is 19.8 Å². The van der Waals surface area contributed by atoms with E-state index < -0.39 is 0 Å². The monoisotopic (exact) mass is 317 g/mol. The maximum Gasteiger partial charge on any atom is 0.230 e. The molecule has 1 aromatic heterocycles. The molecule has 1 aliphatic heterocycles. The van der Waals surface area contributed by atoms with E-state index in [1.54, 1.807) is 35.2 Å². The summed E-state index contributed by atoms with van der Waals surface area (Å²) in [6.45, 7) is 2.62. The van der Waals surface area contributed by atoms with Gasteiger partial charge in [0, 0.05) is 38.7 Å². The predicted molar refractivity (Wildman–Crippen MR) is 88.1 cm³/mol. The topological polar surface area (TPSA) is 53.5 Å². The van der Waals surface area contributed by atoms with Gasteiger partial charge in [0.25, 0.3) is 0 Å². The number of amides is 2. The number of carbonyl (C=O) groups is 2. The third-order valence-electron chi connectivity index (χ3n) is 4.21. The second-order valence-corrected chi connectivity index (χ2v) is 7.02. The lowest BCUT2D eigenvalue weighted by molar-refractivity contribution is -0.138. The minimum Gasteiger partial charge on any atom is -0.346 e. The molecular formula is C16H19N3O2S. The molecule has 22 heavy (non-hydrogen) atoms. The highest BCUT2D eigenvalue weighted by Crippen LogP contribution is 2.28. The number of aryl methyl sites for hydroxylation is 1. The standard InChI is InChI=1S/C16H19N3O2S/c1-10-17-13-5-4-12(9-14(13)22-10)19(3)16(21)11-6-7-18(2)15(20)8-11/h4-5,9,11H,6-8H2,1-3H3. The Labute approximate surface area is 133 Å². The second-order valence-electron chi connectivity index (χ2n) is 5.79. The van der Waals surface area contributed by atoms with Crippen LogP contribution < -0.4 is 4.90 Å². The molecule has 1 aliphatic rings. The van der Waals surface area contributed by atoms with Crippen LogP contribution >= 0.6 is 11.3 Å². The van der Waals surface area contributed by atoms with Gasteiger partial charge in [-0.05, 0) is 31.5 Å². The SMILES string of the molecule is Cc1nc2ccc(N(C)C(=O)C3CCN(C)C(=O)C3)cc2s1. The Hall–Kier alpha value is -1.95. The minimum atomic E-state index is -0.215. The number of nitrogens with zero attached hydrogens (tertiary/aromatic N) is 3. The van der Waals surface area contributed by atoms with Gasteiger partial charge in [-0.1, -0.05) is 0 Å². The summed E-state index contributed by atoms with van der Waals surface area (Å²) >= 11 is 1.62. The third kappa shape index (κ3) is 2.70. The smallest absolute Gasteiger partial charge is 0.230 e. The van der Waals surface area contributed by atoms with Gasteiger partial charge in [-0.2, -0.15) is 0 Å². The van der Waals surface area contributed by atoms with Crippen LogP contribution in [-0.2, 0) is 9.59 Å². The Morgan fingerprint density at radius 2 is 2.23 bits per heavy atom. The van der Waals surface area contributed by atoms with Crippen molar-refractivity contribution < 1.29 is 9.59 Å². The average molecular weight is 317 g/mol. The van der Waals surface area contributed by atoms with Crippen molar-refractivity contribution >= 4 is 39.1 Å². The Bertz CT molecular complexity index is 740. The number of thiazole rings is 1. The molecule has 2 aromatic rings. The van der Waals surface area contributed by atoms with Gasteiger partial charge in [-0.3, -0.25) is 9.59 Å². The van der Waals surface area contributed by atoms with Crippen LogP contribution in [0.15, 0.2) is 18.2 Å². The fourth-order valence-electron chi connectivity index (χ4n) is 2.79. The van der Waals surface area contributed by atoms with E-state index >= 15 is 0 Å². The fraction of sp³-hybridized carbons (Fsp3) is 0.438. The van der Waals surface area contributed by atoms with E-state index in [0.717, 1.165) is 27.3 Å². The number of aromatic nitrogens is 1. The molecule has 1 fully saturated rings. The number of likely N-dealkylation sites (tertiary alicyclic amines) is 1. The zero-order valence-corrected chi connectivity index (χ0v) is 13.8. The summed E-state index contributed by atoms with van der Waals surface area (Å²) < 4.78 is 1.08. The molecule has 2 amide bonds. The first kappa shape index (κ1) is 15.0. The van der Waals surface area contributed by atoms with Crippen molar-refractivity contribution in [3.63, 3.8) is 0 Å². The largest absolute Gasteiger partial charge is 0.346 e. The van der Waals surface area contributed by atoms with Gasteiger partial charge in [0.1, 0.15) is 0 Å². The summed E-state index contributed by atoms with van der Waals surface area (Å²) in [7, 11) is 3.56. The van der Waals surface area contributed by atoms with Gasteiger partial charge in [0.05, 0.1) is 15.2 Å². The third-order valence-corrected chi connectivity index (χ3v) is 5.14. The zero-order chi connectivity index (χ0) is 15.9. The highest BCUT2D eigenvalue weighted by atomic mass is 32.1. The van der Waals surface area contributed by atoms with Gasteiger partial charge in [0.2, 0.25) is 11.8 Å². The minimum absolute atomic E-state index is 0.0158. The summed E-state index contributed by atoms with van der Waals surface area (Å²) in [4.78, 5) is 32.2. The van der Waals surface area contributed by atoms with E-state index in [9.17, 15) is 9.59 Å². The van der Waals surface area contributed by atoms with E-state index in [0.29, 0.717) is 13.0 Å². The van der Waals surface area contributed by atoms with Crippen LogP contribution in [-0.4, -0.2) is 42.3 Å². The molecule has 116 valence electrons. The number of hydrogen-bond donors (Lipinski definition) is 0. The molecule has 0 N–H and O–H groups in total. The van der Waals surface area contributed by atoms with Gasteiger partial charge < -0.3 is 9.80 Å². The van der Waals surface area contributed by atoms with Gasteiger partial charge in [-0.15, -0.1) is 11.3 Å². The molecule has 1 saturated heterocycles. The lowest BCUT2D eigenvalue weighted by atomic mass is 9.95. The van der Waals surface area contributed by atoms with Crippen molar-refractivity contribution in [2.24, 2.45) is 5.92 Å². The molecule has 6 heteroatoms. The number of piperidine rings is 1. The van der Waals surface area contributed by atoms with Gasteiger partial charge >= 0.3 is 0 Å². The maximum absolute atomic E-state index is 12.6. The molecule has 0 radical (unpaired) electrons. The van der Waals surface area contributed by atoms with Crippen molar-refractivity contribution in [2.75, 3.05) is 25.5 Å². The first-order valence-corrected chi connectivity index (χ1v) is 8.16. The van der Waals surface area contributed by atoms with E-state index in [1.165, 1.54) is 0 Å². The van der Waals surface area contributed by atoms with E-state index in [1.807, 2.05) is 25.1 Å². The number of fused-ring (bicyclic) bond motifs is 1. The van der Waals surface area contributed by atoms with Crippen LogP contribution in [0.3, 0.4) is 0 Å². The van der Waals surface area contributed by atoms with E-state index in [2.05, 4.69) is 4.98 Å². The quantitative estimate of drug-likeness (QED) is 0.855. The molecule has 0 spiro atoms. The summed E-state index contributed by atoms with van der Waals surface area (Å²) in [5, 5.41) is 1.02. The van der Waals surface area contributed by atoms with Crippen LogP contribution in [0, 0.1) is 12.8 Å². The molecule has 1 aromatic carbocycles. The van der Waals surface area contributed by atoms with Crippen LogP contribution in [0.2, 0.25) is 0 Å². The first-order valence-electron chi connectivity index (χ1n) is 7.34. The Morgan fingerprint density at radius 3 is 2.95 bits per heavy atom. The molecular weight excluding hydrogens is 298 g/mol. The van der Waals surface area contributed by atoms with E-state index in [-0.39, 0.29) is 17.7 Å². The van der Waals surface area contributed by atoms with Crippen LogP contribution in [0.4, 0.5) is 5.69 Å². The van der Waals surface area contributed by atoms with Crippen LogP contribution in [0.5, 0.6) is 0 Å². The molecule has 5 nitrogen and oxygen atoms in total. The highest BCUT2D eigenvalue weighted by Gasteiger charge is 2.30. The molecule has 0 bridgehead atoms. The maximum atomic E-state index is 12.6. The van der Waals surface area contributed by atoms with Crippen molar-refractivity contribution in [1.82, 2.24) is 9.88 Å². The number of carbonyl (C=O) groups excluding carboxylic acids is 2. The van der Waals surface area contributed by atoms with E-state index in [4.69, 9.17) is 0 Å². The first-order chi connectivity index (χ1) is 10.5. The Morgan fingerprint density at radius 1 is 1.45 bits per heavy atom. The summed E-state index contributed by atoms with van der Waals surface area (Å²) in [6.07, 6.45) is 1.04. The average Bonchev–Trinajstić information content (AvgIpc) is 2.87. The molecule has 0 aliphatic carbocycles. The Balaban J connectivity index is 1.80. The molecule has 1 unspecified atom stereocenters. The lowest BCUT2D eigenvalue weighted by Crippen LogP contribution is -2.42. The summed E-state index contributed by atoms with van der Waals surface area (Å²) in [6, 6.07) is 5.85. The highest BCUT2D eigenvalue weighted by molar-refractivity contribution is 7.18. The number of benzene rings is 1. The normalized spacial score (nSPS) is 18.8. The second kappa shape index (κ2) is 5.68. The lowest BCUT2D eigenvalue weighted by Gasteiger charge is -2.30. The number of rotatable bonds is 2. The van der Waals surface area contributed by atoms with Crippen molar-refractivity contribution in [3.8, 4) is 0 Å². The summed E-state index contributed by atoms with van der Waals surface area (Å²) in [5.41, 5.74) is 1.81. The molecule has 2 heterocycles. The van der Waals surface area contributed by atoms with Gasteiger partial charge in [0.15, 0.2) is 0 Å². The van der Waals surface area contributed by atoms with Crippen molar-refractivity contribution in [3.05, 3.63) is 23.2 Å². The molecule has 0 saturated carbocycles. The van der Waals surface area contributed by atoms with Crippen LogP contribution in [0.1, 0.15) is 17.8 Å². The molecule has 3 rings (SSSR count). The summed E-state index contributed by atoms with van der Waals surface area (Å²) in [5.74, 6) is -0.152. The predicted octanol–water partition coefficient (Wildman–Crippen LogP) is 2.44.